The first-order chi connectivity index (χ1) is 7.00. The van der Waals surface area contributed by atoms with Crippen LogP contribution in [0.3, 0.4) is 0 Å². The van der Waals surface area contributed by atoms with Gasteiger partial charge in [-0.15, -0.1) is 0 Å². The lowest BCUT2D eigenvalue weighted by molar-refractivity contribution is -0.116. The molecule has 3 N–H and O–H groups in total. The average Bonchev–Trinajstić information content (AvgIpc) is 2.10. The number of amides is 1. The van der Waals surface area contributed by atoms with Gasteiger partial charge in [-0.05, 0) is 19.1 Å². The number of para-hydroxylation sites is 1. The zero-order valence-corrected chi connectivity index (χ0v) is 9.01. The molecule has 0 saturated carbocycles. The number of nitrogens with one attached hydrogen (secondary N) is 1. The molecule has 15 heavy (non-hydrogen) atoms. The predicted molar refractivity (Wildman–Crippen MR) is 58.3 cm³/mol. The van der Waals surface area contributed by atoms with E-state index in [4.69, 9.17) is 17.3 Å². The Morgan fingerprint density at radius 3 is 2.87 bits per heavy atom. The summed E-state index contributed by atoms with van der Waals surface area (Å²) in [6.45, 7) is 1.70. The summed E-state index contributed by atoms with van der Waals surface area (Å²) in [5, 5.41) is 2.56. The summed E-state index contributed by atoms with van der Waals surface area (Å²) < 4.78 is 13.2. The summed E-state index contributed by atoms with van der Waals surface area (Å²) in [6.07, 6.45) is 0.130. The second kappa shape index (κ2) is 5.09. The van der Waals surface area contributed by atoms with Crippen LogP contribution in [0.5, 0.6) is 0 Å². The fraction of sp³-hybridized carbons (Fsp3) is 0.300. The van der Waals surface area contributed by atoms with E-state index >= 15 is 0 Å². The first kappa shape index (κ1) is 11.9. The largest absolute Gasteiger partial charge is 0.327 e. The van der Waals surface area contributed by atoms with Crippen LogP contribution in [0.4, 0.5) is 10.1 Å². The van der Waals surface area contributed by atoms with E-state index < -0.39 is 5.82 Å². The van der Waals surface area contributed by atoms with Crippen molar-refractivity contribution in [3.05, 3.63) is 29.0 Å². The summed E-state index contributed by atoms with van der Waals surface area (Å²) in [5.41, 5.74) is 5.44. The molecule has 0 heterocycles. The van der Waals surface area contributed by atoms with Crippen molar-refractivity contribution >= 4 is 23.2 Å². The van der Waals surface area contributed by atoms with Crippen molar-refractivity contribution in [2.24, 2.45) is 5.73 Å². The first-order valence-electron chi connectivity index (χ1n) is 4.50. The Morgan fingerprint density at radius 1 is 1.67 bits per heavy atom. The molecule has 1 amide bonds. The van der Waals surface area contributed by atoms with Gasteiger partial charge in [-0.1, -0.05) is 17.7 Å². The van der Waals surface area contributed by atoms with Gasteiger partial charge in [0.1, 0.15) is 5.82 Å². The Balaban J connectivity index is 2.76. The van der Waals surface area contributed by atoms with E-state index in [9.17, 15) is 9.18 Å². The maximum Gasteiger partial charge on any atom is 0.226 e. The van der Waals surface area contributed by atoms with Gasteiger partial charge in [-0.2, -0.15) is 0 Å². The molecular formula is C10H12ClFN2O. The van der Waals surface area contributed by atoms with Crippen LogP contribution >= 0.6 is 11.6 Å². The number of nitrogens with two attached hydrogens (primary N) is 1. The number of carbonyl (C=O) groups is 1. The van der Waals surface area contributed by atoms with Crippen molar-refractivity contribution < 1.29 is 9.18 Å². The topological polar surface area (TPSA) is 55.1 Å². The molecule has 0 bridgehead atoms. The highest BCUT2D eigenvalue weighted by atomic mass is 35.5. The lowest BCUT2D eigenvalue weighted by Crippen LogP contribution is -2.24. The second-order valence-electron chi connectivity index (χ2n) is 3.33. The summed E-state index contributed by atoms with van der Waals surface area (Å²) in [6, 6.07) is 3.94. The van der Waals surface area contributed by atoms with Gasteiger partial charge in [-0.25, -0.2) is 4.39 Å². The molecule has 0 radical (unpaired) electrons. The lowest BCUT2D eigenvalue weighted by atomic mass is 10.2. The molecule has 1 aromatic carbocycles. The summed E-state index contributed by atoms with van der Waals surface area (Å²) >= 11 is 5.72. The minimum atomic E-state index is -0.555. The van der Waals surface area contributed by atoms with Crippen molar-refractivity contribution in [3.8, 4) is 0 Å². The number of halogens is 2. The van der Waals surface area contributed by atoms with Crippen LogP contribution in [-0.4, -0.2) is 11.9 Å². The Kier molecular flexibility index (Phi) is 4.05. The van der Waals surface area contributed by atoms with Gasteiger partial charge in [0.25, 0.3) is 0 Å². The lowest BCUT2D eigenvalue weighted by Gasteiger charge is -2.09. The monoisotopic (exact) mass is 230 g/mol. The van der Waals surface area contributed by atoms with E-state index in [-0.39, 0.29) is 29.1 Å². The van der Waals surface area contributed by atoms with E-state index in [1.807, 2.05) is 0 Å². The average molecular weight is 231 g/mol. The Morgan fingerprint density at radius 2 is 2.33 bits per heavy atom. The highest BCUT2D eigenvalue weighted by Gasteiger charge is 2.11. The molecule has 0 aliphatic carbocycles. The quantitative estimate of drug-likeness (QED) is 0.836. The van der Waals surface area contributed by atoms with E-state index in [1.165, 1.54) is 18.2 Å². The van der Waals surface area contributed by atoms with Crippen LogP contribution in [0, 0.1) is 5.82 Å². The number of benzene rings is 1. The number of hydrogen-bond donors (Lipinski definition) is 2. The fourth-order valence-electron chi connectivity index (χ4n) is 1.10. The number of anilines is 1. The standard InChI is InChI=1S/C10H12ClFN2O/c1-6(13)5-9(15)14-10-7(11)3-2-4-8(10)12/h2-4,6H,5,13H2,1H3,(H,14,15). The van der Waals surface area contributed by atoms with Gasteiger partial charge in [-0.3, -0.25) is 4.79 Å². The van der Waals surface area contributed by atoms with Crippen LogP contribution in [-0.2, 0) is 4.79 Å². The molecule has 0 fully saturated rings. The zero-order valence-electron chi connectivity index (χ0n) is 8.26. The summed E-state index contributed by atoms with van der Waals surface area (Å²) in [5.74, 6) is -0.905. The Hall–Kier alpha value is -1.13. The fourth-order valence-corrected chi connectivity index (χ4v) is 1.31. The maximum absolute atomic E-state index is 13.2. The maximum atomic E-state index is 13.2. The number of rotatable bonds is 3. The van der Waals surface area contributed by atoms with E-state index in [0.717, 1.165) is 0 Å². The van der Waals surface area contributed by atoms with E-state index in [2.05, 4.69) is 5.32 Å². The molecule has 1 unspecified atom stereocenters. The molecule has 1 rings (SSSR count). The SMILES string of the molecule is CC(N)CC(=O)Nc1c(F)cccc1Cl. The molecule has 0 aromatic heterocycles. The second-order valence-corrected chi connectivity index (χ2v) is 3.73. The third kappa shape index (κ3) is 3.49. The first-order valence-corrected chi connectivity index (χ1v) is 4.88. The third-order valence-corrected chi connectivity index (χ3v) is 2.05. The van der Waals surface area contributed by atoms with Crippen molar-refractivity contribution in [2.75, 3.05) is 5.32 Å². The normalized spacial score (nSPS) is 12.3. The van der Waals surface area contributed by atoms with Gasteiger partial charge in [0.2, 0.25) is 5.91 Å². The predicted octanol–water partition coefficient (Wildman–Crippen LogP) is 2.15. The smallest absolute Gasteiger partial charge is 0.226 e. The van der Waals surface area contributed by atoms with E-state index in [0.29, 0.717) is 0 Å². The minimum Gasteiger partial charge on any atom is -0.327 e. The van der Waals surface area contributed by atoms with E-state index in [1.54, 1.807) is 6.92 Å². The molecule has 1 atom stereocenters. The summed E-state index contributed by atoms with van der Waals surface area (Å²) in [4.78, 5) is 11.3. The van der Waals surface area contributed by atoms with Gasteiger partial charge in [0.15, 0.2) is 0 Å². The highest BCUT2D eigenvalue weighted by Crippen LogP contribution is 2.24. The van der Waals surface area contributed by atoms with Crippen LogP contribution in [0.2, 0.25) is 5.02 Å². The molecule has 3 nitrogen and oxygen atoms in total. The minimum absolute atomic E-state index is 0.00446. The molecule has 82 valence electrons. The number of hydrogen-bond acceptors (Lipinski definition) is 2. The molecule has 0 saturated heterocycles. The van der Waals surface area contributed by atoms with Crippen LogP contribution in [0.15, 0.2) is 18.2 Å². The van der Waals surface area contributed by atoms with Gasteiger partial charge < -0.3 is 11.1 Å². The zero-order chi connectivity index (χ0) is 11.4. The van der Waals surface area contributed by atoms with Gasteiger partial charge in [0.05, 0.1) is 10.7 Å². The van der Waals surface area contributed by atoms with Crippen molar-refractivity contribution in [2.45, 2.75) is 19.4 Å². The molecule has 0 spiro atoms. The molecular weight excluding hydrogens is 219 g/mol. The van der Waals surface area contributed by atoms with Crippen LogP contribution in [0.1, 0.15) is 13.3 Å². The molecule has 0 aliphatic heterocycles. The number of carbonyl (C=O) groups excluding carboxylic acids is 1. The highest BCUT2D eigenvalue weighted by molar-refractivity contribution is 6.33. The van der Waals surface area contributed by atoms with Crippen molar-refractivity contribution in [1.29, 1.82) is 0 Å². The Bertz CT molecular complexity index is 348. The van der Waals surface area contributed by atoms with Gasteiger partial charge in [0, 0.05) is 12.5 Å². The van der Waals surface area contributed by atoms with Crippen LogP contribution < -0.4 is 11.1 Å². The van der Waals surface area contributed by atoms with Crippen molar-refractivity contribution in [1.82, 2.24) is 0 Å². The summed E-state index contributed by atoms with van der Waals surface area (Å²) in [7, 11) is 0. The molecule has 5 heteroatoms. The molecule has 1 aromatic rings. The third-order valence-electron chi connectivity index (χ3n) is 1.73. The van der Waals surface area contributed by atoms with Gasteiger partial charge >= 0.3 is 0 Å². The Labute approximate surface area is 92.4 Å². The van der Waals surface area contributed by atoms with Crippen molar-refractivity contribution in [3.63, 3.8) is 0 Å². The molecule has 0 aliphatic rings. The van der Waals surface area contributed by atoms with Crippen LogP contribution in [0.25, 0.3) is 0 Å².